The zero-order valence-corrected chi connectivity index (χ0v) is 14.7. The minimum atomic E-state index is -0.276. The third kappa shape index (κ3) is 5.82. The van der Waals surface area contributed by atoms with E-state index in [1.54, 1.807) is 0 Å². The maximum atomic E-state index is 12.4. The first-order valence-corrected chi connectivity index (χ1v) is 8.69. The molecule has 0 aliphatic heterocycles. The molecule has 0 bridgehead atoms. The predicted molar refractivity (Wildman–Crippen MR) is 97.5 cm³/mol. The van der Waals surface area contributed by atoms with Gasteiger partial charge in [0.25, 0.3) is 0 Å². The maximum Gasteiger partial charge on any atom is 0.323 e. The first-order chi connectivity index (χ1) is 11.7. The van der Waals surface area contributed by atoms with Crippen molar-refractivity contribution in [3.63, 3.8) is 0 Å². The van der Waals surface area contributed by atoms with Gasteiger partial charge in [-0.15, -0.1) is 0 Å². The lowest BCUT2D eigenvalue weighted by Gasteiger charge is -2.28. The van der Waals surface area contributed by atoms with Gasteiger partial charge in [0.2, 0.25) is 0 Å². The smallest absolute Gasteiger partial charge is 0.323 e. The molecule has 0 aliphatic carbocycles. The van der Waals surface area contributed by atoms with Crippen molar-refractivity contribution in [2.75, 3.05) is 6.61 Å². The molecule has 128 valence electrons. The van der Waals surface area contributed by atoms with Crippen LogP contribution in [0.3, 0.4) is 0 Å². The fraction of sp³-hybridized carbons (Fsp3) is 0.381. The first-order valence-electron chi connectivity index (χ1n) is 8.69. The number of ether oxygens (including phenoxy) is 1. The number of nitrogens with zero attached hydrogens (tertiary/aromatic N) is 1. The van der Waals surface area contributed by atoms with E-state index in [0.717, 1.165) is 25.9 Å². The highest BCUT2D eigenvalue weighted by atomic mass is 16.5. The van der Waals surface area contributed by atoms with Gasteiger partial charge < -0.3 is 4.74 Å². The van der Waals surface area contributed by atoms with Crippen LogP contribution in [0.1, 0.15) is 37.8 Å². The van der Waals surface area contributed by atoms with E-state index >= 15 is 0 Å². The highest BCUT2D eigenvalue weighted by molar-refractivity contribution is 5.75. The molecule has 0 spiro atoms. The predicted octanol–water partition coefficient (Wildman–Crippen LogP) is 4.42. The summed E-state index contributed by atoms with van der Waals surface area (Å²) in [6.07, 6.45) is 1.94. The Bertz CT molecular complexity index is 556. The van der Waals surface area contributed by atoms with E-state index in [1.807, 2.05) is 43.3 Å². The van der Waals surface area contributed by atoms with Crippen molar-refractivity contribution in [2.45, 2.75) is 45.8 Å². The van der Waals surface area contributed by atoms with Gasteiger partial charge in [-0.2, -0.15) is 0 Å². The Morgan fingerprint density at radius 2 is 1.46 bits per heavy atom. The van der Waals surface area contributed by atoms with E-state index < -0.39 is 0 Å². The lowest BCUT2D eigenvalue weighted by atomic mass is 10.1. The zero-order chi connectivity index (χ0) is 17.2. The van der Waals surface area contributed by atoms with Gasteiger partial charge in [-0.1, -0.05) is 74.0 Å². The van der Waals surface area contributed by atoms with E-state index in [0.29, 0.717) is 6.61 Å². The van der Waals surface area contributed by atoms with Gasteiger partial charge in [0.05, 0.1) is 6.61 Å². The standard InChI is InChI=1S/C21H27NO2/c1-3-4-15-24-21(23)18(2)22(16-19-11-7-5-8-12-19)17-20-13-9-6-10-14-20/h5-14,18H,3-4,15-17H2,1-2H3/t18-/m0/s1. The first kappa shape index (κ1) is 18.2. The van der Waals surface area contributed by atoms with E-state index in [1.165, 1.54) is 11.1 Å². The summed E-state index contributed by atoms with van der Waals surface area (Å²) in [5.74, 6) is -0.143. The van der Waals surface area contributed by atoms with Crippen molar-refractivity contribution in [2.24, 2.45) is 0 Å². The topological polar surface area (TPSA) is 29.5 Å². The van der Waals surface area contributed by atoms with Crippen LogP contribution < -0.4 is 0 Å². The van der Waals surface area contributed by atoms with Crippen molar-refractivity contribution in [3.05, 3.63) is 71.8 Å². The van der Waals surface area contributed by atoms with Crippen molar-refractivity contribution in [3.8, 4) is 0 Å². The molecule has 2 aromatic rings. The third-order valence-electron chi connectivity index (χ3n) is 4.09. The fourth-order valence-electron chi connectivity index (χ4n) is 2.55. The number of hydrogen-bond donors (Lipinski definition) is 0. The Kier molecular flexibility index (Phi) is 7.50. The lowest BCUT2D eigenvalue weighted by molar-refractivity contribution is -0.150. The van der Waals surface area contributed by atoms with Gasteiger partial charge in [-0.3, -0.25) is 9.69 Å². The van der Waals surface area contributed by atoms with Crippen LogP contribution >= 0.6 is 0 Å². The minimum Gasteiger partial charge on any atom is -0.465 e. The molecule has 0 saturated carbocycles. The van der Waals surface area contributed by atoms with Gasteiger partial charge in [0.15, 0.2) is 0 Å². The number of hydrogen-bond acceptors (Lipinski definition) is 3. The van der Waals surface area contributed by atoms with Crippen molar-refractivity contribution < 1.29 is 9.53 Å². The Balaban J connectivity index is 2.07. The maximum absolute atomic E-state index is 12.4. The molecule has 0 N–H and O–H groups in total. The number of carbonyl (C=O) groups is 1. The summed E-state index contributed by atoms with van der Waals surface area (Å²) in [4.78, 5) is 14.5. The molecule has 0 amide bonds. The molecular formula is C21H27NO2. The average molecular weight is 325 g/mol. The molecule has 0 aliphatic rings. The molecule has 0 aromatic heterocycles. The van der Waals surface area contributed by atoms with E-state index in [2.05, 4.69) is 36.1 Å². The Morgan fingerprint density at radius 3 is 1.92 bits per heavy atom. The summed E-state index contributed by atoms with van der Waals surface area (Å²) >= 11 is 0. The van der Waals surface area contributed by atoms with Gasteiger partial charge in [-0.05, 0) is 24.5 Å². The average Bonchev–Trinajstić information content (AvgIpc) is 2.62. The molecular weight excluding hydrogens is 298 g/mol. The number of benzene rings is 2. The highest BCUT2D eigenvalue weighted by Crippen LogP contribution is 2.14. The van der Waals surface area contributed by atoms with Crippen molar-refractivity contribution >= 4 is 5.97 Å². The SMILES string of the molecule is CCCCOC(=O)[C@H](C)N(Cc1ccccc1)Cc1ccccc1. The summed E-state index contributed by atoms with van der Waals surface area (Å²) in [6, 6.07) is 20.2. The van der Waals surface area contributed by atoms with Gasteiger partial charge >= 0.3 is 5.97 Å². The molecule has 0 saturated heterocycles. The Labute approximate surface area is 145 Å². The second-order valence-corrected chi connectivity index (χ2v) is 6.07. The molecule has 0 heterocycles. The fourth-order valence-corrected chi connectivity index (χ4v) is 2.55. The lowest BCUT2D eigenvalue weighted by Crippen LogP contribution is -2.39. The van der Waals surface area contributed by atoms with Crippen LogP contribution in [-0.2, 0) is 22.6 Å². The summed E-state index contributed by atoms with van der Waals surface area (Å²) in [6.45, 7) is 5.97. The molecule has 2 aromatic carbocycles. The van der Waals surface area contributed by atoms with Crippen LogP contribution in [0.2, 0.25) is 0 Å². The van der Waals surface area contributed by atoms with Gasteiger partial charge in [-0.25, -0.2) is 0 Å². The molecule has 0 unspecified atom stereocenters. The van der Waals surface area contributed by atoms with Crippen LogP contribution in [0.5, 0.6) is 0 Å². The number of unbranched alkanes of at least 4 members (excludes halogenated alkanes) is 1. The monoisotopic (exact) mass is 325 g/mol. The summed E-state index contributed by atoms with van der Waals surface area (Å²) < 4.78 is 5.42. The Morgan fingerprint density at radius 1 is 0.958 bits per heavy atom. The number of carbonyl (C=O) groups excluding carboxylic acids is 1. The van der Waals surface area contributed by atoms with Crippen LogP contribution in [-0.4, -0.2) is 23.5 Å². The zero-order valence-electron chi connectivity index (χ0n) is 14.7. The van der Waals surface area contributed by atoms with Gasteiger partial charge in [0, 0.05) is 13.1 Å². The van der Waals surface area contributed by atoms with E-state index in [9.17, 15) is 4.79 Å². The van der Waals surface area contributed by atoms with E-state index in [-0.39, 0.29) is 12.0 Å². The molecule has 2 rings (SSSR count). The molecule has 3 nitrogen and oxygen atoms in total. The molecule has 0 fully saturated rings. The highest BCUT2D eigenvalue weighted by Gasteiger charge is 2.23. The molecule has 0 radical (unpaired) electrons. The molecule has 1 atom stereocenters. The summed E-state index contributed by atoms with van der Waals surface area (Å²) in [7, 11) is 0. The van der Waals surface area contributed by atoms with Crippen molar-refractivity contribution in [1.29, 1.82) is 0 Å². The van der Waals surface area contributed by atoms with E-state index in [4.69, 9.17) is 4.74 Å². The number of rotatable bonds is 9. The van der Waals surface area contributed by atoms with Crippen LogP contribution in [0, 0.1) is 0 Å². The number of esters is 1. The van der Waals surface area contributed by atoms with Crippen LogP contribution in [0.15, 0.2) is 60.7 Å². The quantitative estimate of drug-likeness (QED) is 0.505. The second kappa shape index (κ2) is 9.89. The van der Waals surface area contributed by atoms with Crippen LogP contribution in [0.25, 0.3) is 0 Å². The van der Waals surface area contributed by atoms with Crippen LogP contribution in [0.4, 0.5) is 0 Å². The third-order valence-corrected chi connectivity index (χ3v) is 4.09. The largest absolute Gasteiger partial charge is 0.465 e. The summed E-state index contributed by atoms with van der Waals surface area (Å²) in [5.41, 5.74) is 2.39. The normalized spacial score (nSPS) is 12.1. The summed E-state index contributed by atoms with van der Waals surface area (Å²) in [5, 5.41) is 0. The minimum absolute atomic E-state index is 0.143. The Hall–Kier alpha value is -2.13. The van der Waals surface area contributed by atoms with Gasteiger partial charge in [0.1, 0.15) is 6.04 Å². The molecule has 24 heavy (non-hydrogen) atoms. The molecule has 3 heteroatoms. The van der Waals surface area contributed by atoms with Crippen molar-refractivity contribution in [1.82, 2.24) is 4.90 Å². The second-order valence-electron chi connectivity index (χ2n) is 6.07.